The van der Waals surface area contributed by atoms with Crippen LogP contribution in [0.3, 0.4) is 0 Å². The van der Waals surface area contributed by atoms with Gasteiger partial charge in [-0.25, -0.2) is 0 Å². The van der Waals surface area contributed by atoms with Gasteiger partial charge in [-0.05, 0) is 48.2 Å². The molecule has 1 atom stereocenters. The van der Waals surface area contributed by atoms with Gasteiger partial charge in [0.2, 0.25) is 0 Å². The molecule has 0 spiro atoms. The number of tetrazole rings is 1. The third-order valence-electron chi connectivity index (χ3n) is 3.33. The van der Waals surface area contributed by atoms with Crippen LogP contribution in [-0.2, 0) is 0 Å². The van der Waals surface area contributed by atoms with Gasteiger partial charge in [-0.3, -0.25) is 0 Å². The quantitative estimate of drug-likeness (QED) is 0.761. The monoisotopic (exact) mass is 218 g/mol. The Morgan fingerprint density at radius 3 is 3.00 bits per heavy atom. The molecule has 0 radical (unpaired) electrons. The maximum Gasteiger partial charge on any atom is 0.200 e. The highest BCUT2D eigenvalue weighted by molar-refractivity contribution is 5.44. The summed E-state index contributed by atoms with van der Waals surface area (Å²) in [7, 11) is 2.07. The van der Waals surface area contributed by atoms with Crippen molar-refractivity contribution in [1.29, 1.82) is 0 Å². The Morgan fingerprint density at radius 2 is 2.25 bits per heavy atom. The van der Waals surface area contributed by atoms with E-state index in [9.17, 15) is 0 Å². The molecule has 2 heterocycles. The minimum absolute atomic E-state index is 0.529. The second kappa shape index (κ2) is 3.40. The fraction of sp³-hybridized carbons (Fsp3) is 0.600. The van der Waals surface area contributed by atoms with Crippen molar-refractivity contribution >= 4 is 11.5 Å². The Morgan fingerprint density at radius 1 is 1.44 bits per heavy atom. The van der Waals surface area contributed by atoms with Crippen LogP contribution in [0.5, 0.6) is 0 Å². The van der Waals surface area contributed by atoms with Crippen LogP contribution in [0.25, 0.3) is 5.65 Å². The first-order valence-corrected chi connectivity index (χ1v) is 5.54. The van der Waals surface area contributed by atoms with Crippen molar-refractivity contribution < 1.29 is 0 Å². The largest absolute Gasteiger partial charge is 0.355 e. The minimum Gasteiger partial charge on any atom is -0.355 e. The highest BCUT2D eigenvalue weighted by Gasteiger charge is 2.31. The van der Waals surface area contributed by atoms with Crippen molar-refractivity contribution in [3.05, 3.63) is 12.1 Å². The number of anilines is 1. The van der Waals surface area contributed by atoms with Crippen LogP contribution in [0.2, 0.25) is 0 Å². The van der Waals surface area contributed by atoms with E-state index in [-0.39, 0.29) is 0 Å². The summed E-state index contributed by atoms with van der Waals surface area (Å²) >= 11 is 0. The van der Waals surface area contributed by atoms with Gasteiger partial charge in [-0.1, -0.05) is 0 Å². The van der Waals surface area contributed by atoms with E-state index in [1.54, 1.807) is 0 Å². The van der Waals surface area contributed by atoms with E-state index in [1.165, 1.54) is 17.5 Å². The Labute approximate surface area is 93.2 Å². The van der Waals surface area contributed by atoms with Crippen molar-refractivity contribution in [1.82, 2.24) is 25.3 Å². The molecule has 1 saturated carbocycles. The summed E-state index contributed by atoms with van der Waals surface area (Å²) in [5.74, 6) is 1.73. The van der Waals surface area contributed by atoms with Gasteiger partial charge in [0, 0.05) is 13.1 Å². The zero-order chi connectivity index (χ0) is 11.1. The molecule has 0 amide bonds. The van der Waals surface area contributed by atoms with Gasteiger partial charge >= 0.3 is 0 Å². The molecule has 2 aromatic heterocycles. The molecule has 0 bridgehead atoms. The van der Waals surface area contributed by atoms with Crippen LogP contribution in [0.15, 0.2) is 12.1 Å². The van der Waals surface area contributed by atoms with Crippen LogP contribution >= 0.6 is 0 Å². The van der Waals surface area contributed by atoms with Crippen molar-refractivity contribution in [3.63, 3.8) is 0 Å². The molecule has 6 nitrogen and oxygen atoms in total. The number of hydrogen-bond acceptors (Lipinski definition) is 5. The summed E-state index contributed by atoms with van der Waals surface area (Å²) in [5, 5.41) is 15.6. The number of rotatable bonds is 3. The van der Waals surface area contributed by atoms with E-state index >= 15 is 0 Å². The molecule has 1 aliphatic rings. The van der Waals surface area contributed by atoms with E-state index < -0.39 is 0 Å². The second-order valence-corrected chi connectivity index (χ2v) is 4.41. The standard InChI is InChI=1S/C10H14N6/c1-7(8-3-4-8)15(2)10-6-5-9-11-13-14-16(9)12-10/h5-8H,3-4H2,1-2H3. The summed E-state index contributed by atoms with van der Waals surface area (Å²) in [6.07, 6.45) is 2.66. The molecule has 84 valence electrons. The van der Waals surface area contributed by atoms with E-state index in [1.807, 2.05) is 12.1 Å². The highest BCUT2D eigenvalue weighted by Crippen LogP contribution is 2.35. The van der Waals surface area contributed by atoms with Crippen LogP contribution in [-0.4, -0.2) is 38.3 Å². The lowest BCUT2D eigenvalue weighted by Gasteiger charge is -2.25. The predicted molar refractivity (Wildman–Crippen MR) is 59.2 cm³/mol. The zero-order valence-corrected chi connectivity index (χ0v) is 9.41. The lowest BCUT2D eigenvalue weighted by Crippen LogP contribution is -2.31. The number of hydrogen-bond donors (Lipinski definition) is 0. The lowest BCUT2D eigenvalue weighted by molar-refractivity contribution is 0.594. The van der Waals surface area contributed by atoms with Crippen LogP contribution in [0, 0.1) is 5.92 Å². The van der Waals surface area contributed by atoms with Gasteiger partial charge in [0.1, 0.15) is 0 Å². The first kappa shape index (κ1) is 9.50. The van der Waals surface area contributed by atoms with Gasteiger partial charge < -0.3 is 4.90 Å². The molecular formula is C10H14N6. The number of fused-ring (bicyclic) bond motifs is 1. The van der Waals surface area contributed by atoms with E-state index in [4.69, 9.17) is 0 Å². The molecule has 6 heteroatoms. The Hall–Kier alpha value is -1.72. The molecule has 0 saturated heterocycles. The topological polar surface area (TPSA) is 59.2 Å². The van der Waals surface area contributed by atoms with Gasteiger partial charge in [0.25, 0.3) is 0 Å². The molecule has 1 unspecified atom stereocenters. The maximum absolute atomic E-state index is 4.37. The fourth-order valence-corrected chi connectivity index (χ4v) is 1.93. The van der Waals surface area contributed by atoms with Crippen molar-refractivity contribution in [2.24, 2.45) is 5.92 Å². The summed E-state index contributed by atoms with van der Waals surface area (Å²) in [6.45, 7) is 2.24. The average Bonchev–Trinajstić information content (AvgIpc) is 3.05. The number of aromatic nitrogens is 5. The maximum atomic E-state index is 4.37. The molecule has 1 fully saturated rings. The van der Waals surface area contributed by atoms with Crippen LogP contribution < -0.4 is 4.90 Å². The van der Waals surface area contributed by atoms with Crippen molar-refractivity contribution in [2.75, 3.05) is 11.9 Å². The molecule has 2 aromatic rings. The van der Waals surface area contributed by atoms with Gasteiger partial charge in [0.05, 0.1) is 0 Å². The third-order valence-corrected chi connectivity index (χ3v) is 3.33. The molecule has 0 aliphatic heterocycles. The smallest absolute Gasteiger partial charge is 0.200 e. The van der Waals surface area contributed by atoms with Gasteiger partial charge in [-0.2, -0.15) is 0 Å². The van der Waals surface area contributed by atoms with Crippen molar-refractivity contribution in [3.8, 4) is 0 Å². The normalized spacial score (nSPS) is 17.6. The molecule has 0 N–H and O–H groups in total. The number of nitrogens with zero attached hydrogens (tertiary/aromatic N) is 6. The second-order valence-electron chi connectivity index (χ2n) is 4.41. The molecule has 1 aliphatic carbocycles. The van der Waals surface area contributed by atoms with Crippen molar-refractivity contribution in [2.45, 2.75) is 25.8 Å². The minimum atomic E-state index is 0.529. The molecule has 3 rings (SSSR count). The Kier molecular flexibility index (Phi) is 2.02. The lowest BCUT2D eigenvalue weighted by atomic mass is 10.2. The highest BCUT2D eigenvalue weighted by atomic mass is 15.6. The first-order chi connectivity index (χ1) is 7.75. The summed E-state index contributed by atoms with van der Waals surface area (Å²) < 4.78 is 1.46. The molecule has 16 heavy (non-hydrogen) atoms. The summed E-state index contributed by atoms with van der Waals surface area (Å²) in [6, 6.07) is 4.38. The average molecular weight is 218 g/mol. The first-order valence-electron chi connectivity index (χ1n) is 5.54. The van der Waals surface area contributed by atoms with Crippen LogP contribution in [0.4, 0.5) is 5.82 Å². The predicted octanol–water partition coefficient (Wildman–Crippen LogP) is 0.754. The van der Waals surface area contributed by atoms with E-state index in [0.29, 0.717) is 11.7 Å². The Balaban J connectivity index is 1.91. The SMILES string of the molecule is CC(C1CC1)N(C)c1ccc2nnnn2n1. The summed E-state index contributed by atoms with van der Waals surface area (Å²) in [5.41, 5.74) is 0.677. The van der Waals surface area contributed by atoms with Crippen LogP contribution in [0.1, 0.15) is 19.8 Å². The Bertz CT molecular complexity index is 503. The zero-order valence-electron chi connectivity index (χ0n) is 9.41. The fourth-order valence-electron chi connectivity index (χ4n) is 1.93. The van der Waals surface area contributed by atoms with E-state index in [2.05, 4.69) is 39.5 Å². The van der Waals surface area contributed by atoms with E-state index in [0.717, 1.165) is 11.7 Å². The molecular weight excluding hydrogens is 204 g/mol. The van der Waals surface area contributed by atoms with Gasteiger partial charge in [0.15, 0.2) is 11.5 Å². The summed E-state index contributed by atoms with van der Waals surface area (Å²) in [4.78, 5) is 2.19. The third kappa shape index (κ3) is 1.50. The molecule has 0 aromatic carbocycles. The van der Waals surface area contributed by atoms with Gasteiger partial charge in [-0.15, -0.1) is 14.8 Å².